The van der Waals surface area contributed by atoms with E-state index in [2.05, 4.69) is 53.2 Å². The molecule has 0 radical (unpaired) electrons. The first kappa shape index (κ1) is 12.0. The van der Waals surface area contributed by atoms with Crippen molar-refractivity contribution in [1.29, 1.82) is 0 Å². The Labute approximate surface area is 119 Å². The average Bonchev–Trinajstić information content (AvgIpc) is 3.11. The van der Waals surface area contributed by atoms with Gasteiger partial charge in [-0.05, 0) is 17.5 Å². The molecule has 2 aliphatic rings. The number of allylic oxidation sites excluding steroid dienone is 2. The first-order chi connectivity index (χ1) is 9.84. The van der Waals surface area contributed by atoms with Gasteiger partial charge in [0.05, 0.1) is 11.6 Å². The molecule has 1 aromatic carbocycles. The summed E-state index contributed by atoms with van der Waals surface area (Å²) >= 11 is 0. The van der Waals surface area contributed by atoms with E-state index in [4.69, 9.17) is 0 Å². The number of rotatable bonds is 2. The van der Waals surface area contributed by atoms with E-state index in [1.54, 1.807) is 0 Å². The molecule has 3 atom stereocenters. The van der Waals surface area contributed by atoms with Gasteiger partial charge in [0.2, 0.25) is 8.45 Å². The number of fused-ring (bicyclic) bond motifs is 2. The molecule has 3 nitrogen and oxygen atoms in total. The molecule has 3 unspecified atom stereocenters. The van der Waals surface area contributed by atoms with Gasteiger partial charge in [-0.25, -0.2) is 0 Å². The van der Waals surface area contributed by atoms with Crippen molar-refractivity contribution in [3.63, 3.8) is 0 Å². The highest BCUT2D eigenvalue weighted by atomic mass is 31.2. The van der Waals surface area contributed by atoms with Crippen molar-refractivity contribution in [1.82, 2.24) is 9.01 Å². The van der Waals surface area contributed by atoms with Gasteiger partial charge < -0.3 is 9.56 Å². The summed E-state index contributed by atoms with van der Waals surface area (Å²) in [6.07, 6.45) is 14.6. The molecule has 1 aromatic heterocycles. The molecule has 0 saturated heterocycles. The molecule has 0 saturated carbocycles. The van der Waals surface area contributed by atoms with Crippen molar-refractivity contribution in [2.24, 2.45) is 5.92 Å². The van der Waals surface area contributed by atoms with E-state index < -0.39 is 8.45 Å². The Hall–Kier alpha value is -1.83. The fraction of sp³-hybridized carbons (Fsp3) is 0.125. The van der Waals surface area contributed by atoms with Gasteiger partial charge in [-0.1, -0.05) is 48.6 Å². The summed E-state index contributed by atoms with van der Waals surface area (Å²) in [5.41, 5.74) is 1.08. The molecule has 2 aromatic rings. The van der Waals surface area contributed by atoms with E-state index in [0.717, 1.165) is 10.9 Å². The summed E-state index contributed by atoms with van der Waals surface area (Å²) in [6, 6.07) is 10.4. The Morgan fingerprint density at radius 1 is 1.00 bits per heavy atom. The van der Waals surface area contributed by atoms with Gasteiger partial charge in [-0.15, -0.1) is 0 Å². The molecular weight excluding hydrogens is 267 g/mol. The van der Waals surface area contributed by atoms with E-state index in [1.807, 2.05) is 28.9 Å². The summed E-state index contributed by atoms with van der Waals surface area (Å²) in [7, 11) is -1.41. The maximum Gasteiger partial charge on any atom is 0.250 e. The molecule has 0 spiro atoms. The predicted octanol–water partition coefficient (Wildman–Crippen LogP) is 3.65. The third-order valence-corrected chi connectivity index (χ3v) is 5.44. The van der Waals surface area contributed by atoms with Gasteiger partial charge in [0.1, 0.15) is 0 Å². The van der Waals surface area contributed by atoms with Crippen molar-refractivity contribution in [2.75, 3.05) is 0 Å². The fourth-order valence-electron chi connectivity index (χ4n) is 2.86. The third kappa shape index (κ3) is 1.75. The lowest BCUT2D eigenvalue weighted by atomic mass is 9.98. The summed E-state index contributed by atoms with van der Waals surface area (Å²) in [5.74, 6) is 0.374. The molecule has 0 fully saturated rings. The van der Waals surface area contributed by atoms with Crippen molar-refractivity contribution in [2.45, 2.75) is 6.04 Å². The normalized spacial score (nSPS) is 25.4. The van der Waals surface area contributed by atoms with Crippen LogP contribution < -0.4 is 0 Å². The topological polar surface area (TPSA) is 28.4 Å². The lowest BCUT2D eigenvalue weighted by Crippen LogP contribution is -2.27. The largest absolute Gasteiger partial charge is 0.338 e. The van der Waals surface area contributed by atoms with Crippen LogP contribution in [0.1, 0.15) is 0 Å². The standard InChI is InChI=1S/C16H15N2OP/c19-20(17-11-9-13-5-1-3-7-15(13)17)18-12-10-14-6-2-4-8-16(14)18/h1-13,15,19H. The molecule has 0 bridgehead atoms. The van der Waals surface area contributed by atoms with Gasteiger partial charge in [0.15, 0.2) is 0 Å². The smallest absolute Gasteiger partial charge is 0.250 e. The first-order valence-electron chi connectivity index (χ1n) is 6.71. The van der Waals surface area contributed by atoms with E-state index >= 15 is 0 Å². The van der Waals surface area contributed by atoms with E-state index in [1.165, 1.54) is 0 Å². The minimum Gasteiger partial charge on any atom is -0.338 e. The highest BCUT2D eigenvalue weighted by Crippen LogP contribution is 2.47. The van der Waals surface area contributed by atoms with Crippen LogP contribution in [0.3, 0.4) is 0 Å². The Morgan fingerprint density at radius 2 is 1.85 bits per heavy atom. The summed E-state index contributed by atoms with van der Waals surface area (Å²) < 4.78 is 4.04. The van der Waals surface area contributed by atoms with E-state index in [9.17, 15) is 4.89 Å². The van der Waals surface area contributed by atoms with Crippen LogP contribution in [0.25, 0.3) is 10.9 Å². The van der Waals surface area contributed by atoms with Crippen molar-refractivity contribution in [3.8, 4) is 0 Å². The lowest BCUT2D eigenvalue weighted by Gasteiger charge is -2.31. The Balaban J connectivity index is 1.71. The molecule has 20 heavy (non-hydrogen) atoms. The third-order valence-electron chi connectivity index (χ3n) is 3.89. The predicted molar refractivity (Wildman–Crippen MR) is 83.0 cm³/mol. The molecule has 4 heteroatoms. The monoisotopic (exact) mass is 282 g/mol. The number of para-hydroxylation sites is 1. The number of hydrogen-bond acceptors (Lipinski definition) is 2. The molecule has 1 aliphatic carbocycles. The number of hydrogen-bond donors (Lipinski definition) is 1. The zero-order valence-electron chi connectivity index (χ0n) is 10.9. The van der Waals surface area contributed by atoms with E-state index in [-0.39, 0.29) is 6.04 Å². The minimum absolute atomic E-state index is 0.234. The number of benzene rings is 1. The zero-order chi connectivity index (χ0) is 13.5. The average molecular weight is 282 g/mol. The quantitative estimate of drug-likeness (QED) is 0.852. The second kappa shape index (κ2) is 4.62. The highest BCUT2D eigenvalue weighted by Gasteiger charge is 2.32. The first-order valence-corrected chi connectivity index (χ1v) is 7.91. The van der Waals surface area contributed by atoms with Crippen LogP contribution in [-0.2, 0) is 0 Å². The van der Waals surface area contributed by atoms with Crippen molar-refractivity contribution < 1.29 is 4.89 Å². The van der Waals surface area contributed by atoms with Crippen LogP contribution in [0, 0.1) is 5.92 Å². The number of aromatic nitrogens is 1. The molecule has 0 amide bonds. The van der Waals surface area contributed by atoms with E-state index in [0.29, 0.717) is 5.92 Å². The lowest BCUT2D eigenvalue weighted by molar-refractivity contribution is 0.433. The van der Waals surface area contributed by atoms with Gasteiger partial charge in [0, 0.05) is 18.3 Å². The number of nitrogens with zero attached hydrogens (tertiary/aromatic N) is 2. The van der Waals surface area contributed by atoms with Crippen molar-refractivity contribution >= 4 is 19.4 Å². The molecule has 2 heterocycles. The zero-order valence-corrected chi connectivity index (χ0v) is 11.8. The Kier molecular flexibility index (Phi) is 2.76. The van der Waals surface area contributed by atoms with Crippen molar-refractivity contribution in [3.05, 3.63) is 73.1 Å². The molecule has 1 N–H and O–H groups in total. The van der Waals surface area contributed by atoms with Gasteiger partial charge >= 0.3 is 0 Å². The summed E-state index contributed by atoms with van der Waals surface area (Å²) in [4.78, 5) is 10.8. The maximum atomic E-state index is 10.8. The highest BCUT2D eigenvalue weighted by molar-refractivity contribution is 7.47. The summed E-state index contributed by atoms with van der Waals surface area (Å²) in [5, 5.41) is 1.16. The SMILES string of the molecule is OP(N1C=CC2C=CC=CC21)n1ccc2ccccc21. The second-order valence-electron chi connectivity index (χ2n) is 5.05. The van der Waals surface area contributed by atoms with Crippen LogP contribution in [0.5, 0.6) is 0 Å². The molecule has 1 aliphatic heterocycles. The van der Waals surface area contributed by atoms with Crippen LogP contribution in [0.2, 0.25) is 0 Å². The van der Waals surface area contributed by atoms with Crippen LogP contribution in [0.15, 0.2) is 73.1 Å². The van der Waals surface area contributed by atoms with Crippen LogP contribution in [0.4, 0.5) is 0 Å². The Morgan fingerprint density at radius 3 is 2.80 bits per heavy atom. The minimum atomic E-state index is -1.41. The maximum absolute atomic E-state index is 10.8. The van der Waals surface area contributed by atoms with Crippen LogP contribution >= 0.6 is 8.45 Å². The molecular formula is C16H15N2OP. The fourth-order valence-corrected chi connectivity index (χ4v) is 4.31. The van der Waals surface area contributed by atoms with Gasteiger partial charge in [0.25, 0.3) is 0 Å². The molecule has 100 valence electrons. The molecule has 4 rings (SSSR count). The summed E-state index contributed by atoms with van der Waals surface area (Å²) in [6.45, 7) is 0. The van der Waals surface area contributed by atoms with Gasteiger partial charge in [-0.2, -0.15) is 0 Å². The second-order valence-corrected chi connectivity index (χ2v) is 6.48. The Bertz CT molecular complexity index is 731. The van der Waals surface area contributed by atoms with Gasteiger partial charge in [-0.3, -0.25) is 4.34 Å². The van der Waals surface area contributed by atoms with Crippen LogP contribution in [-0.4, -0.2) is 19.9 Å².